The van der Waals surface area contributed by atoms with E-state index in [4.69, 9.17) is 12.2 Å². The van der Waals surface area contributed by atoms with Crippen molar-refractivity contribution < 1.29 is 15.0 Å². The highest BCUT2D eigenvalue weighted by Crippen LogP contribution is 2.36. The molecule has 0 saturated carbocycles. The molecule has 2 heterocycles. The second-order valence-electron chi connectivity index (χ2n) is 4.80. The van der Waals surface area contributed by atoms with Crippen LogP contribution in [0.2, 0.25) is 0 Å². The highest BCUT2D eigenvalue weighted by atomic mass is 32.1. The first kappa shape index (κ1) is 14.7. The number of allylic oxidation sites excluding steroid dienone is 1. The van der Waals surface area contributed by atoms with Crippen molar-refractivity contribution in [2.24, 2.45) is 4.99 Å². The van der Waals surface area contributed by atoms with Gasteiger partial charge in [-0.2, -0.15) is 0 Å². The lowest BCUT2D eigenvalue weighted by Gasteiger charge is -2.15. The number of fused-ring (bicyclic) bond motifs is 1. The second kappa shape index (κ2) is 5.51. The van der Waals surface area contributed by atoms with E-state index in [9.17, 15) is 15.0 Å². The Morgan fingerprint density at radius 3 is 2.95 bits per heavy atom. The molecule has 1 atom stereocenters. The number of carboxylic acids is 1. The number of carbonyl (C=O) groups excluding carboxylic acids is 1. The van der Waals surface area contributed by atoms with Crippen molar-refractivity contribution >= 4 is 53.1 Å². The molecule has 22 heavy (non-hydrogen) atoms. The highest BCUT2D eigenvalue weighted by molar-refractivity contribution is 7.73. The number of aromatic hydroxyl groups is 1. The summed E-state index contributed by atoms with van der Waals surface area (Å²) < 4.78 is 1.46. The Balaban J connectivity index is 2.07. The predicted molar refractivity (Wildman–Crippen MR) is 87.0 cm³/mol. The van der Waals surface area contributed by atoms with Gasteiger partial charge in [0.15, 0.2) is 3.95 Å². The molecule has 0 aliphatic carbocycles. The minimum Gasteiger partial charge on any atom is -0.548 e. The molecule has 0 radical (unpaired) electrons. The van der Waals surface area contributed by atoms with E-state index in [1.165, 1.54) is 11.5 Å². The zero-order valence-electron chi connectivity index (χ0n) is 11.5. The van der Waals surface area contributed by atoms with Gasteiger partial charge < -0.3 is 15.0 Å². The Bertz CT molecular complexity index is 877. The number of benzene rings is 1. The average molecular weight is 331 g/mol. The van der Waals surface area contributed by atoms with Crippen LogP contribution >= 0.6 is 23.6 Å². The number of para-hydroxylation sites is 1. The van der Waals surface area contributed by atoms with Crippen molar-refractivity contribution in [1.29, 1.82) is 0 Å². The Kier molecular flexibility index (Phi) is 3.67. The van der Waals surface area contributed by atoms with Crippen LogP contribution in [0.5, 0.6) is 5.88 Å². The summed E-state index contributed by atoms with van der Waals surface area (Å²) in [6.07, 6.45) is 3.46. The van der Waals surface area contributed by atoms with E-state index in [0.717, 1.165) is 28.2 Å². The maximum absolute atomic E-state index is 11.0. The first-order chi connectivity index (χ1) is 10.5. The summed E-state index contributed by atoms with van der Waals surface area (Å²) in [6, 6.07) is 6.62. The van der Waals surface area contributed by atoms with E-state index >= 15 is 0 Å². The maximum Gasteiger partial charge on any atom is 0.211 e. The van der Waals surface area contributed by atoms with E-state index in [1.54, 1.807) is 12.3 Å². The number of nitrogens with zero attached hydrogens (tertiary/aromatic N) is 2. The zero-order valence-corrected chi connectivity index (χ0v) is 13.1. The summed E-state index contributed by atoms with van der Waals surface area (Å²) in [5.41, 5.74) is 2.66. The standard InChI is InChI=1S/C15H12N2O3S2/c1-8(14(19)20)17-13(18)12(22-15(17)21)6-9-7-16-11-5-3-2-4-10(9)11/h2-8,18H,1H3,(H,19,20)/p-1/b9-6+/t8-/m1/s1. The Morgan fingerprint density at radius 2 is 2.23 bits per heavy atom. The lowest BCUT2D eigenvalue weighted by molar-refractivity contribution is -0.309. The first-order valence-corrected chi connectivity index (χ1v) is 7.72. The van der Waals surface area contributed by atoms with Crippen LogP contribution in [0, 0.1) is 3.95 Å². The average Bonchev–Trinajstić information content (AvgIpc) is 3.01. The van der Waals surface area contributed by atoms with Crippen LogP contribution in [0.4, 0.5) is 5.69 Å². The van der Waals surface area contributed by atoms with Gasteiger partial charge in [-0.15, -0.1) is 11.3 Å². The van der Waals surface area contributed by atoms with Crippen LogP contribution in [0.25, 0.3) is 11.6 Å². The molecule has 112 valence electrons. The molecule has 1 aromatic carbocycles. The monoisotopic (exact) mass is 331 g/mol. The van der Waals surface area contributed by atoms with Crippen molar-refractivity contribution in [3.05, 3.63) is 38.7 Å². The van der Waals surface area contributed by atoms with Gasteiger partial charge in [0.25, 0.3) is 0 Å². The lowest BCUT2D eigenvalue weighted by atomic mass is 10.1. The SMILES string of the molecule is C[C@H](C(=O)[O-])n1c(O)c(/C=C2\C=Nc3ccccc32)sc1=S. The van der Waals surface area contributed by atoms with Gasteiger partial charge in [0.05, 0.1) is 22.6 Å². The summed E-state index contributed by atoms with van der Waals surface area (Å²) >= 11 is 6.29. The summed E-state index contributed by atoms with van der Waals surface area (Å²) in [6.45, 7) is 1.42. The third-order valence-corrected chi connectivity index (χ3v) is 4.75. The van der Waals surface area contributed by atoms with Crippen molar-refractivity contribution in [3.63, 3.8) is 0 Å². The minimum absolute atomic E-state index is 0.169. The third-order valence-electron chi connectivity index (χ3n) is 3.42. The fraction of sp³-hybridized carbons (Fsp3) is 0.133. The molecule has 1 aliphatic heterocycles. The molecular weight excluding hydrogens is 320 g/mol. The third kappa shape index (κ3) is 2.38. The number of carboxylic acid groups (broad SMARTS) is 1. The topological polar surface area (TPSA) is 77.6 Å². The van der Waals surface area contributed by atoms with Gasteiger partial charge in [-0.25, -0.2) is 0 Å². The van der Waals surface area contributed by atoms with Crippen molar-refractivity contribution in [2.45, 2.75) is 13.0 Å². The molecular formula is C15H11N2O3S2-. The molecule has 0 bridgehead atoms. The van der Waals surface area contributed by atoms with Crippen LogP contribution < -0.4 is 5.11 Å². The van der Waals surface area contributed by atoms with E-state index < -0.39 is 12.0 Å². The van der Waals surface area contributed by atoms with Gasteiger partial charge >= 0.3 is 0 Å². The van der Waals surface area contributed by atoms with Crippen LogP contribution in [0.15, 0.2) is 29.3 Å². The van der Waals surface area contributed by atoms with Crippen molar-refractivity contribution in [1.82, 2.24) is 4.57 Å². The Hall–Kier alpha value is -2.25. The molecule has 0 unspecified atom stereocenters. The minimum atomic E-state index is -1.30. The van der Waals surface area contributed by atoms with Gasteiger partial charge in [0.1, 0.15) is 0 Å². The quantitative estimate of drug-likeness (QED) is 0.877. The fourth-order valence-electron chi connectivity index (χ4n) is 2.23. The van der Waals surface area contributed by atoms with Gasteiger partial charge in [0, 0.05) is 17.4 Å². The number of hydrogen-bond donors (Lipinski definition) is 1. The number of hydrogen-bond acceptors (Lipinski definition) is 6. The van der Waals surface area contributed by atoms with E-state index in [1.807, 2.05) is 24.3 Å². The molecule has 0 amide bonds. The summed E-state index contributed by atoms with van der Waals surface area (Å²) in [4.78, 5) is 15.8. The number of aliphatic carboxylic acids is 1. The summed E-state index contributed by atoms with van der Waals surface area (Å²) in [5, 5.41) is 21.3. The number of aliphatic imine (C=N–C) groups is 1. The molecule has 0 spiro atoms. The second-order valence-corrected chi connectivity index (χ2v) is 6.47. The molecule has 1 N–H and O–H groups in total. The van der Waals surface area contributed by atoms with Gasteiger partial charge in [-0.05, 0) is 31.3 Å². The summed E-state index contributed by atoms with van der Waals surface area (Å²) in [5.74, 6) is -1.46. The number of aromatic nitrogens is 1. The van der Waals surface area contributed by atoms with E-state index in [2.05, 4.69) is 4.99 Å². The van der Waals surface area contributed by atoms with Crippen LogP contribution in [0.3, 0.4) is 0 Å². The van der Waals surface area contributed by atoms with Crippen molar-refractivity contribution in [2.75, 3.05) is 0 Å². The molecule has 2 aromatic rings. The lowest BCUT2D eigenvalue weighted by Crippen LogP contribution is -2.31. The van der Waals surface area contributed by atoms with Crippen LogP contribution in [-0.4, -0.2) is 21.9 Å². The van der Waals surface area contributed by atoms with E-state index in [-0.39, 0.29) is 9.83 Å². The van der Waals surface area contributed by atoms with Crippen LogP contribution in [0.1, 0.15) is 23.4 Å². The molecule has 0 fully saturated rings. The molecule has 0 saturated heterocycles. The maximum atomic E-state index is 11.0. The fourth-order valence-corrected chi connectivity index (χ4v) is 3.65. The molecule has 7 heteroatoms. The number of carbonyl (C=O) groups is 1. The first-order valence-electron chi connectivity index (χ1n) is 6.49. The summed E-state index contributed by atoms with van der Waals surface area (Å²) in [7, 11) is 0. The molecule has 1 aromatic heterocycles. The normalized spacial score (nSPS) is 16.0. The van der Waals surface area contributed by atoms with Crippen LogP contribution in [-0.2, 0) is 4.79 Å². The number of rotatable bonds is 3. The Morgan fingerprint density at radius 1 is 1.50 bits per heavy atom. The smallest absolute Gasteiger partial charge is 0.211 e. The van der Waals surface area contributed by atoms with Crippen molar-refractivity contribution in [3.8, 4) is 5.88 Å². The largest absolute Gasteiger partial charge is 0.548 e. The molecule has 1 aliphatic rings. The predicted octanol–water partition coefficient (Wildman–Crippen LogP) is 2.55. The molecule has 3 rings (SSSR count). The molecule has 5 nitrogen and oxygen atoms in total. The Labute approximate surface area is 135 Å². The van der Waals surface area contributed by atoms with E-state index in [0.29, 0.717) is 4.88 Å². The zero-order chi connectivity index (χ0) is 15.9. The van der Waals surface area contributed by atoms with Gasteiger partial charge in [-0.1, -0.05) is 18.2 Å². The highest BCUT2D eigenvalue weighted by Gasteiger charge is 2.18. The number of thiazole rings is 1. The van der Waals surface area contributed by atoms with Gasteiger partial charge in [0.2, 0.25) is 5.88 Å². The van der Waals surface area contributed by atoms with Gasteiger partial charge in [-0.3, -0.25) is 9.56 Å².